The molecule has 4 nitrogen and oxygen atoms in total. The molecule has 3 rings (SSSR count). The van der Waals surface area contributed by atoms with E-state index >= 15 is 0 Å². The van der Waals surface area contributed by atoms with Crippen molar-refractivity contribution in [3.63, 3.8) is 0 Å². The standard InChI is InChI=1S/C19H17NO3S/c1-3-13-14-9-5-6-10-15(14)19(20-17(13)4-2)16-11-7-8-12-18(16)24(21,22)23/h3-12H,1-2H3,(H,21,22,23)/b13-3-,17-4+. The van der Waals surface area contributed by atoms with Gasteiger partial charge in [-0.15, -0.1) is 0 Å². The summed E-state index contributed by atoms with van der Waals surface area (Å²) in [7, 11) is -4.34. The third kappa shape index (κ3) is 2.72. The van der Waals surface area contributed by atoms with Gasteiger partial charge in [0.25, 0.3) is 10.1 Å². The molecular formula is C19H17NO3S. The number of benzene rings is 2. The summed E-state index contributed by atoms with van der Waals surface area (Å²) >= 11 is 0. The molecule has 3 aromatic rings. The number of rotatable bonds is 2. The molecule has 0 aliphatic rings. The molecule has 1 N–H and O–H groups in total. The number of hydrogen-bond acceptors (Lipinski definition) is 3. The van der Waals surface area contributed by atoms with Crippen LogP contribution in [0.5, 0.6) is 0 Å². The van der Waals surface area contributed by atoms with Crippen LogP contribution in [0.2, 0.25) is 0 Å². The lowest BCUT2D eigenvalue weighted by Crippen LogP contribution is -2.29. The van der Waals surface area contributed by atoms with Gasteiger partial charge in [0.05, 0.1) is 11.0 Å². The van der Waals surface area contributed by atoms with Gasteiger partial charge >= 0.3 is 0 Å². The van der Waals surface area contributed by atoms with Crippen molar-refractivity contribution in [3.05, 3.63) is 59.1 Å². The molecule has 1 aromatic heterocycles. The Morgan fingerprint density at radius 3 is 2.17 bits per heavy atom. The highest BCUT2D eigenvalue weighted by atomic mass is 32.2. The minimum atomic E-state index is -4.34. The lowest BCUT2D eigenvalue weighted by molar-refractivity contribution is 0.483. The Bertz CT molecular complexity index is 1150. The van der Waals surface area contributed by atoms with Gasteiger partial charge in [-0.25, -0.2) is 4.98 Å². The lowest BCUT2D eigenvalue weighted by Gasteiger charge is -2.11. The van der Waals surface area contributed by atoms with Gasteiger partial charge in [0.1, 0.15) is 4.90 Å². The summed E-state index contributed by atoms with van der Waals surface area (Å²) in [6, 6.07) is 14.1. The SMILES string of the molecule is C/C=c1\c(=C/C)nc(-c2ccccc2S(=O)(=O)O)c2ccccc12. The molecule has 0 bridgehead atoms. The van der Waals surface area contributed by atoms with Gasteiger partial charge in [0.2, 0.25) is 0 Å². The molecule has 0 radical (unpaired) electrons. The first-order chi connectivity index (χ1) is 11.5. The zero-order valence-corrected chi connectivity index (χ0v) is 14.2. The molecular weight excluding hydrogens is 322 g/mol. The minimum absolute atomic E-state index is 0.141. The van der Waals surface area contributed by atoms with E-state index in [-0.39, 0.29) is 4.90 Å². The molecule has 24 heavy (non-hydrogen) atoms. The van der Waals surface area contributed by atoms with Gasteiger partial charge in [-0.2, -0.15) is 8.42 Å². The van der Waals surface area contributed by atoms with Crippen molar-refractivity contribution in [1.29, 1.82) is 0 Å². The monoisotopic (exact) mass is 339 g/mol. The Hall–Kier alpha value is -2.50. The third-order valence-electron chi connectivity index (χ3n) is 3.96. The van der Waals surface area contributed by atoms with Crippen molar-refractivity contribution in [2.75, 3.05) is 0 Å². The normalized spacial score (nSPS) is 13.6. The Morgan fingerprint density at radius 2 is 1.54 bits per heavy atom. The Labute approximate surface area is 140 Å². The first-order valence-corrected chi connectivity index (χ1v) is 8.99. The second kappa shape index (κ2) is 6.19. The molecule has 122 valence electrons. The maximum atomic E-state index is 11.8. The zero-order chi connectivity index (χ0) is 17.3. The Balaban J connectivity index is 2.56. The van der Waals surface area contributed by atoms with Crippen LogP contribution in [0, 0.1) is 0 Å². The fraction of sp³-hybridized carbons (Fsp3) is 0.105. The maximum absolute atomic E-state index is 11.8. The fourth-order valence-electron chi connectivity index (χ4n) is 2.92. The van der Waals surface area contributed by atoms with E-state index in [4.69, 9.17) is 0 Å². The summed E-state index contributed by atoms with van der Waals surface area (Å²) < 4.78 is 33.1. The molecule has 0 saturated heterocycles. The number of pyridine rings is 1. The Morgan fingerprint density at radius 1 is 0.917 bits per heavy atom. The summed E-state index contributed by atoms with van der Waals surface area (Å²) in [5, 5.41) is 3.60. The summed E-state index contributed by atoms with van der Waals surface area (Å²) in [6.45, 7) is 3.84. The third-order valence-corrected chi connectivity index (χ3v) is 4.87. The van der Waals surface area contributed by atoms with Crippen LogP contribution in [0.3, 0.4) is 0 Å². The van der Waals surface area contributed by atoms with Crippen LogP contribution in [0.1, 0.15) is 13.8 Å². The van der Waals surface area contributed by atoms with Crippen LogP contribution in [0.4, 0.5) is 0 Å². The quantitative estimate of drug-likeness (QED) is 0.729. The molecule has 0 aliphatic carbocycles. The van der Waals surface area contributed by atoms with Crippen molar-refractivity contribution >= 4 is 33.0 Å². The van der Waals surface area contributed by atoms with Crippen molar-refractivity contribution in [3.8, 4) is 11.3 Å². The number of hydrogen-bond donors (Lipinski definition) is 1. The summed E-state index contributed by atoms with van der Waals surface area (Å²) in [5.41, 5.74) is 0.930. The first kappa shape index (κ1) is 16.4. The van der Waals surface area contributed by atoms with E-state index in [1.54, 1.807) is 18.2 Å². The van der Waals surface area contributed by atoms with Gasteiger partial charge in [-0.3, -0.25) is 4.55 Å². The molecule has 0 amide bonds. The molecule has 0 saturated carbocycles. The van der Waals surface area contributed by atoms with Gasteiger partial charge in [0, 0.05) is 16.2 Å². The Kier molecular flexibility index (Phi) is 4.22. The van der Waals surface area contributed by atoms with E-state index in [1.807, 2.05) is 50.3 Å². The van der Waals surface area contributed by atoms with Crippen LogP contribution in [0.25, 0.3) is 34.2 Å². The molecule has 0 atom stereocenters. The molecule has 1 heterocycles. The van der Waals surface area contributed by atoms with E-state index in [9.17, 15) is 13.0 Å². The predicted octanol–water partition coefficient (Wildman–Crippen LogP) is 2.75. The van der Waals surface area contributed by atoms with Crippen molar-refractivity contribution < 1.29 is 13.0 Å². The predicted molar refractivity (Wildman–Crippen MR) is 96.5 cm³/mol. The van der Waals surface area contributed by atoms with Gasteiger partial charge in [-0.05, 0) is 25.3 Å². The number of aromatic nitrogens is 1. The second-order valence-electron chi connectivity index (χ2n) is 5.35. The minimum Gasteiger partial charge on any atom is -0.282 e. The molecule has 0 spiro atoms. The molecule has 5 heteroatoms. The molecule has 2 aromatic carbocycles. The van der Waals surface area contributed by atoms with Crippen LogP contribution < -0.4 is 10.6 Å². The lowest BCUT2D eigenvalue weighted by atomic mass is 10.0. The van der Waals surface area contributed by atoms with Gasteiger partial charge in [0.15, 0.2) is 0 Å². The van der Waals surface area contributed by atoms with E-state index in [0.29, 0.717) is 11.3 Å². The van der Waals surface area contributed by atoms with Gasteiger partial charge in [-0.1, -0.05) is 54.6 Å². The summed E-state index contributed by atoms with van der Waals surface area (Å²) in [5.74, 6) is 0. The van der Waals surface area contributed by atoms with E-state index in [1.165, 1.54) is 6.07 Å². The van der Waals surface area contributed by atoms with Crippen LogP contribution in [-0.4, -0.2) is 18.0 Å². The molecule has 0 aliphatic heterocycles. The fourth-order valence-corrected chi connectivity index (χ4v) is 3.61. The average molecular weight is 339 g/mol. The highest BCUT2D eigenvalue weighted by Gasteiger charge is 2.18. The van der Waals surface area contributed by atoms with Crippen LogP contribution in [0.15, 0.2) is 53.4 Å². The van der Waals surface area contributed by atoms with Crippen molar-refractivity contribution in [1.82, 2.24) is 4.98 Å². The number of nitrogens with zero attached hydrogens (tertiary/aromatic N) is 1. The highest BCUT2D eigenvalue weighted by molar-refractivity contribution is 7.86. The highest BCUT2D eigenvalue weighted by Crippen LogP contribution is 2.29. The zero-order valence-electron chi connectivity index (χ0n) is 13.4. The van der Waals surface area contributed by atoms with Crippen molar-refractivity contribution in [2.24, 2.45) is 0 Å². The average Bonchev–Trinajstić information content (AvgIpc) is 2.59. The molecule has 0 fully saturated rings. The van der Waals surface area contributed by atoms with Crippen molar-refractivity contribution in [2.45, 2.75) is 18.7 Å². The van der Waals surface area contributed by atoms with E-state index in [0.717, 1.165) is 21.3 Å². The largest absolute Gasteiger partial charge is 0.295 e. The summed E-state index contributed by atoms with van der Waals surface area (Å²) in [4.78, 5) is 4.53. The van der Waals surface area contributed by atoms with Crippen LogP contribution in [-0.2, 0) is 10.1 Å². The van der Waals surface area contributed by atoms with Gasteiger partial charge < -0.3 is 0 Å². The first-order valence-electron chi connectivity index (χ1n) is 7.55. The summed E-state index contributed by atoms with van der Waals surface area (Å²) in [6.07, 6.45) is 3.88. The molecule has 0 unspecified atom stereocenters. The second-order valence-corrected chi connectivity index (χ2v) is 6.74. The van der Waals surface area contributed by atoms with Crippen LogP contribution >= 0.6 is 0 Å². The maximum Gasteiger partial charge on any atom is 0.295 e. The topological polar surface area (TPSA) is 67.3 Å². The number of fused-ring (bicyclic) bond motifs is 1. The smallest absolute Gasteiger partial charge is 0.282 e. The van der Waals surface area contributed by atoms with E-state index in [2.05, 4.69) is 4.98 Å². The van der Waals surface area contributed by atoms with E-state index < -0.39 is 10.1 Å².